The van der Waals surface area contributed by atoms with Gasteiger partial charge in [0.15, 0.2) is 6.04 Å². The third-order valence-electron chi connectivity index (χ3n) is 3.38. The van der Waals surface area contributed by atoms with Crippen LogP contribution in [0.2, 0.25) is 0 Å². The zero-order valence-electron chi connectivity index (χ0n) is 11.4. The van der Waals surface area contributed by atoms with Crippen molar-refractivity contribution in [1.82, 2.24) is 10.3 Å². The number of rotatable bonds is 4. The highest BCUT2D eigenvalue weighted by Gasteiger charge is 2.27. The van der Waals surface area contributed by atoms with Crippen molar-refractivity contribution in [3.63, 3.8) is 0 Å². The molecule has 106 valence electrons. The first kappa shape index (κ1) is 14.2. The Balaban J connectivity index is 2.10. The number of amides is 1. The molecule has 2 rings (SSSR count). The van der Waals surface area contributed by atoms with Crippen LogP contribution in [0, 0.1) is 5.92 Å². The molecule has 0 aromatic carbocycles. The summed E-state index contributed by atoms with van der Waals surface area (Å²) in [7, 11) is 1.31. The first-order valence-corrected chi connectivity index (χ1v) is 6.65. The minimum atomic E-state index is -0.799. The highest BCUT2D eigenvalue weighted by molar-refractivity contribution is 5.86. The second-order valence-electron chi connectivity index (χ2n) is 4.73. The average Bonchev–Trinajstić information content (AvgIpc) is 2.53. The van der Waals surface area contributed by atoms with E-state index in [1.54, 1.807) is 24.5 Å². The van der Waals surface area contributed by atoms with Gasteiger partial charge in [0.25, 0.3) is 0 Å². The fourth-order valence-corrected chi connectivity index (χ4v) is 2.23. The third kappa shape index (κ3) is 3.44. The van der Waals surface area contributed by atoms with Crippen LogP contribution in [0.5, 0.6) is 0 Å². The monoisotopic (exact) mass is 274 g/mol. The van der Waals surface area contributed by atoms with Gasteiger partial charge in [-0.1, -0.05) is 18.2 Å². The molecule has 5 nitrogen and oxygen atoms in total. The van der Waals surface area contributed by atoms with Crippen LogP contribution in [-0.4, -0.2) is 24.0 Å². The molecule has 5 heteroatoms. The van der Waals surface area contributed by atoms with Gasteiger partial charge in [-0.3, -0.25) is 9.78 Å². The number of nitrogens with one attached hydrogen (secondary N) is 1. The molecule has 0 spiro atoms. The number of hydrogen-bond donors (Lipinski definition) is 1. The Morgan fingerprint density at radius 3 is 2.90 bits per heavy atom. The highest BCUT2D eigenvalue weighted by atomic mass is 16.5. The Hall–Kier alpha value is -2.17. The van der Waals surface area contributed by atoms with Crippen LogP contribution in [0.15, 0.2) is 36.7 Å². The van der Waals surface area contributed by atoms with Crippen LogP contribution >= 0.6 is 0 Å². The van der Waals surface area contributed by atoms with Crippen LogP contribution in [0.25, 0.3) is 0 Å². The van der Waals surface area contributed by atoms with Gasteiger partial charge < -0.3 is 10.1 Å². The number of aromatic nitrogens is 1. The first-order chi connectivity index (χ1) is 9.72. The van der Waals surface area contributed by atoms with E-state index < -0.39 is 12.0 Å². The van der Waals surface area contributed by atoms with E-state index >= 15 is 0 Å². The van der Waals surface area contributed by atoms with Gasteiger partial charge in [0.1, 0.15) is 0 Å². The molecule has 1 N–H and O–H groups in total. The van der Waals surface area contributed by atoms with Gasteiger partial charge in [-0.15, -0.1) is 0 Å². The summed E-state index contributed by atoms with van der Waals surface area (Å²) < 4.78 is 4.76. The fourth-order valence-electron chi connectivity index (χ4n) is 2.23. The normalized spacial score (nSPS) is 19.1. The van der Waals surface area contributed by atoms with Crippen molar-refractivity contribution in [2.75, 3.05) is 7.11 Å². The van der Waals surface area contributed by atoms with Crippen molar-refractivity contribution in [1.29, 1.82) is 0 Å². The van der Waals surface area contributed by atoms with Crippen LogP contribution < -0.4 is 5.32 Å². The second kappa shape index (κ2) is 6.84. The minimum Gasteiger partial charge on any atom is -0.467 e. The third-order valence-corrected chi connectivity index (χ3v) is 3.38. The summed E-state index contributed by atoms with van der Waals surface area (Å²) in [6, 6.07) is 2.67. The summed E-state index contributed by atoms with van der Waals surface area (Å²) >= 11 is 0. The van der Waals surface area contributed by atoms with Crippen molar-refractivity contribution in [2.45, 2.75) is 25.3 Å². The lowest BCUT2D eigenvalue weighted by Gasteiger charge is -2.21. The molecule has 1 aromatic rings. The molecule has 0 saturated heterocycles. The Labute approximate surface area is 118 Å². The van der Waals surface area contributed by atoms with E-state index in [0.717, 1.165) is 12.8 Å². The van der Waals surface area contributed by atoms with Crippen molar-refractivity contribution in [2.24, 2.45) is 5.92 Å². The lowest BCUT2D eigenvalue weighted by molar-refractivity contribution is -0.145. The van der Waals surface area contributed by atoms with Gasteiger partial charge in [-0.05, 0) is 25.3 Å². The molecule has 0 bridgehead atoms. The number of esters is 1. The van der Waals surface area contributed by atoms with E-state index in [1.165, 1.54) is 7.11 Å². The van der Waals surface area contributed by atoms with Crippen LogP contribution in [-0.2, 0) is 14.3 Å². The number of carbonyl (C=O) groups excluding carboxylic acids is 2. The molecule has 2 atom stereocenters. The molecule has 0 radical (unpaired) electrons. The highest BCUT2D eigenvalue weighted by Crippen LogP contribution is 2.20. The maximum atomic E-state index is 12.2. The Morgan fingerprint density at radius 2 is 2.30 bits per heavy atom. The SMILES string of the molecule is COC(=O)[C@@H](NC(=O)[C@H]1CC=CCC1)c1cccnc1. The van der Waals surface area contributed by atoms with E-state index in [0.29, 0.717) is 12.0 Å². The predicted molar refractivity (Wildman–Crippen MR) is 73.6 cm³/mol. The molecule has 0 aliphatic heterocycles. The molecule has 20 heavy (non-hydrogen) atoms. The van der Waals surface area contributed by atoms with Crippen molar-refractivity contribution < 1.29 is 14.3 Å². The van der Waals surface area contributed by atoms with E-state index in [2.05, 4.69) is 16.4 Å². The summed E-state index contributed by atoms with van der Waals surface area (Å²) in [6.07, 6.45) is 9.67. The van der Waals surface area contributed by atoms with E-state index in [4.69, 9.17) is 4.74 Å². The van der Waals surface area contributed by atoms with Gasteiger partial charge in [-0.25, -0.2) is 4.79 Å². The van der Waals surface area contributed by atoms with Gasteiger partial charge in [0.2, 0.25) is 5.91 Å². The molecule has 0 fully saturated rings. The lowest BCUT2D eigenvalue weighted by Crippen LogP contribution is -2.38. The van der Waals surface area contributed by atoms with Crippen LogP contribution in [0.4, 0.5) is 0 Å². The number of allylic oxidation sites excluding steroid dienone is 2. The summed E-state index contributed by atoms with van der Waals surface area (Å²) in [5, 5.41) is 2.77. The van der Waals surface area contributed by atoms with Crippen molar-refractivity contribution in [3.8, 4) is 0 Å². The fraction of sp³-hybridized carbons (Fsp3) is 0.400. The second-order valence-corrected chi connectivity index (χ2v) is 4.73. The number of hydrogen-bond acceptors (Lipinski definition) is 4. The summed E-state index contributed by atoms with van der Waals surface area (Å²) in [4.78, 5) is 28.1. The molecule has 1 aliphatic rings. The standard InChI is InChI=1S/C15H18N2O3/c1-20-15(19)13(12-8-5-9-16-10-12)17-14(18)11-6-3-2-4-7-11/h2-3,5,8-11,13H,4,6-7H2,1H3,(H,17,18)/t11-,13-/m0/s1. The van der Waals surface area contributed by atoms with Gasteiger partial charge in [0.05, 0.1) is 7.11 Å². The molecule has 0 unspecified atom stereocenters. The number of ether oxygens (including phenoxy) is 1. The molecule has 1 amide bonds. The van der Waals surface area contributed by atoms with Crippen molar-refractivity contribution in [3.05, 3.63) is 42.2 Å². The molecule has 1 heterocycles. The zero-order valence-corrected chi connectivity index (χ0v) is 11.4. The lowest BCUT2D eigenvalue weighted by atomic mass is 9.93. The molecular formula is C15H18N2O3. The Kier molecular flexibility index (Phi) is 4.87. The Bertz CT molecular complexity index is 499. The van der Waals surface area contributed by atoms with Crippen LogP contribution in [0.3, 0.4) is 0 Å². The molecule has 1 aliphatic carbocycles. The number of pyridine rings is 1. The van der Waals surface area contributed by atoms with E-state index in [-0.39, 0.29) is 11.8 Å². The first-order valence-electron chi connectivity index (χ1n) is 6.65. The van der Waals surface area contributed by atoms with Gasteiger partial charge in [0, 0.05) is 23.9 Å². The molecule has 1 aromatic heterocycles. The summed E-state index contributed by atoms with van der Waals surface area (Å²) in [5.74, 6) is -0.685. The van der Waals surface area contributed by atoms with E-state index in [9.17, 15) is 9.59 Å². The Morgan fingerprint density at radius 1 is 1.45 bits per heavy atom. The minimum absolute atomic E-state index is 0.0798. The average molecular weight is 274 g/mol. The van der Waals surface area contributed by atoms with E-state index in [1.807, 2.05) is 6.08 Å². The number of carbonyl (C=O) groups is 2. The largest absolute Gasteiger partial charge is 0.467 e. The smallest absolute Gasteiger partial charge is 0.333 e. The summed E-state index contributed by atoms with van der Waals surface area (Å²) in [5.41, 5.74) is 0.624. The molecule has 0 saturated carbocycles. The maximum absolute atomic E-state index is 12.2. The van der Waals surface area contributed by atoms with Crippen molar-refractivity contribution >= 4 is 11.9 Å². The summed E-state index contributed by atoms with van der Waals surface area (Å²) in [6.45, 7) is 0. The quantitative estimate of drug-likeness (QED) is 0.671. The van der Waals surface area contributed by atoms with Crippen LogP contribution in [0.1, 0.15) is 30.9 Å². The van der Waals surface area contributed by atoms with Gasteiger partial charge >= 0.3 is 5.97 Å². The maximum Gasteiger partial charge on any atom is 0.333 e. The number of nitrogens with zero attached hydrogens (tertiary/aromatic N) is 1. The molecular weight excluding hydrogens is 256 g/mol. The predicted octanol–water partition coefficient (Wildman–Crippen LogP) is 1.77. The number of methoxy groups -OCH3 is 1. The van der Waals surface area contributed by atoms with Gasteiger partial charge in [-0.2, -0.15) is 0 Å². The zero-order chi connectivity index (χ0) is 14.4. The topological polar surface area (TPSA) is 68.3 Å².